The summed E-state index contributed by atoms with van der Waals surface area (Å²) in [5.41, 5.74) is 2.38. The molecule has 2 aliphatic rings. The fourth-order valence-electron chi connectivity index (χ4n) is 3.79. The van der Waals surface area contributed by atoms with Crippen LogP contribution in [0.25, 0.3) is 0 Å². The van der Waals surface area contributed by atoms with Crippen LogP contribution in [0.15, 0.2) is 42.7 Å². The monoisotopic (exact) mass is 310 g/mol. The van der Waals surface area contributed by atoms with Crippen LogP contribution >= 0.6 is 0 Å². The van der Waals surface area contributed by atoms with Gasteiger partial charge in [0.2, 0.25) is 5.91 Å². The molecule has 1 atom stereocenters. The van der Waals surface area contributed by atoms with E-state index in [1.807, 2.05) is 40.2 Å². The van der Waals surface area contributed by atoms with Crippen LogP contribution in [-0.2, 0) is 17.8 Å². The van der Waals surface area contributed by atoms with Gasteiger partial charge in [0.25, 0.3) is 0 Å². The molecule has 2 aliphatic heterocycles. The zero-order chi connectivity index (χ0) is 15.6. The summed E-state index contributed by atoms with van der Waals surface area (Å²) in [4.78, 5) is 17.1. The van der Waals surface area contributed by atoms with E-state index in [1.54, 1.807) is 0 Å². The van der Waals surface area contributed by atoms with E-state index in [1.165, 1.54) is 5.56 Å². The summed E-state index contributed by atoms with van der Waals surface area (Å²) >= 11 is 0. The second-order valence-electron chi connectivity index (χ2n) is 6.42. The summed E-state index contributed by atoms with van der Waals surface area (Å²) in [6.45, 7) is 3.21. The van der Waals surface area contributed by atoms with Gasteiger partial charge in [-0.25, -0.2) is 0 Å². The van der Waals surface area contributed by atoms with Crippen LogP contribution in [0.3, 0.4) is 0 Å². The number of hydrogen-bond donors (Lipinski definition) is 0. The molecule has 0 spiro atoms. The second kappa shape index (κ2) is 6.16. The third kappa shape index (κ3) is 2.88. The van der Waals surface area contributed by atoms with Crippen molar-refractivity contribution in [1.82, 2.24) is 14.7 Å². The molecule has 0 radical (unpaired) electrons. The average Bonchev–Trinajstić information content (AvgIpc) is 3.29. The van der Waals surface area contributed by atoms with Gasteiger partial charge in [-0.1, -0.05) is 18.2 Å². The Hall–Kier alpha value is -2.14. The molecule has 1 saturated heterocycles. The van der Waals surface area contributed by atoms with Gasteiger partial charge in [0.1, 0.15) is 0 Å². The highest BCUT2D eigenvalue weighted by molar-refractivity contribution is 5.96. The van der Waals surface area contributed by atoms with Crippen molar-refractivity contribution in [3.8, 4) is 0 Å². The highest BCUT2D eigenvalue weighted by Gasteiger charge is 2.30. The molecular weight excluding hydrogens is 288 g/mol. The van der Waals surface area contributed by atoms with Crippen LogP contribution in [0.4, 0.5) is 5.69 Å². The molecule has 3 heterocycles. The van der Waals surface area contributed by atoms with Crippen LogP contribution in [0, 0.1) is 0 Å². The summed E-state index contributed by atoms with van der Waals surface area (Å²) in [7, 11) is 0. The summed E-state index contributed by atoms with van der Waals surface area (Å²) < 4.78 is 1.97. The minimum atomic E-state index is 0.224. The number of carbonyl (C=O) groups excluding carboxylic acids is 1. The number of para-hydroxylation sites is 1. The van der Waals surface area contributed by atoms with Crippen LogP contribution in [0.5, 0.6) is 0 Å². The normalized spacial score (nSPS) is 20.9. The number of anilines is 1. The molecule has 120 valence electrons. The van der Waals surface area contributed by atoms with Crippen molar-refractivity contribution in [3.63, 3.8) is 0 Å². The van der Waals surface area contributed by atoms with Crippen molar-refractivity contribution in [3.05, 3.63) is 48.3 Å². The number of likely N-dealkylation sites (tertiary alicyclic amines) is 1. The Morgan fingerprint density at radius 3 is 3.00 bits per heavy atom. The minimum Gasteiger partial charge on any atom is -0.311 e. The zero-order valence-corrected chi connectivity index (χ0v) is 13.3. The number of aromatic nitrogens is 2. The molecular formula is C18H22N4O. The average molecular weight is 310 g/mol. The molecule has 4 rings (SSSR count). The fraction of sp³-hybridized carbons (Fsp3) is 0.444. The molecule has 0 saturated carbocycles. The summed E-state index contributed by atoms with van der Waals surface area (Å²) in [5, 5.41) is 4.30. The maximum atomic E-state index is 12.8. The lowest BCUT2D eigenvalue weighted by Crippen LogP contribution is -2.43. The lowest BCUT2D eigenvalue weighted by molar-refractivity contribution is -0.119. The van der Waals surface area contributed by atoms with Crippen molar-refractivity contribution < 1.29 is 4.79 Å². The number of nitrogens with zero attached hydrogens (tertiary/aromatic N) is 4. The lowest BCUT2D eigenvalue weighted by Gasteiger charge is -2.26. The van der Waals surface area contributed by atoms with Gasteiger partial charge in [-0.15, -0.1) is 0 Å². The molecule has 1 amide bonds. The largest absolute Gasteiger partial charge is 0.311 e. The van der Waals surface area contributed by atoms with Gasteiger partial charge < -0.3 is 4.90 Å². The number of amides is 1. The highest BCUT2D eigenvalue weighted by Crippen LogP contribution is 2.28. The van der Waals surface area contributed by atoms with Crippen LogP contribution in [0.2, 0.25) is 0 Å². The van der Waals surface area contributed by atoms with E-state index in [-0.39, 0.29) is 5.91 Å². The third-order valence-electron chi connectivity index (χ3n) is 4.98. The standard InChI is InChI=1S/C18H22N4O/c23-18(22-12-8-15-5-1-2-7-17(15)22)14-20-10-3-6-16(20)13-21-11-4-9-19-21/h1-2,4-5,7,9,11,16H,3,6,8,10,12-14H2/t16-/m0/s1. The van der Waals surface area contributed by atoms with Crippen LogP contribution in [0.1, 0.15) is 18.4 Å². The van der Waals surface area contributed by atoms with E-state index in [2.05, 4.69) is 22.1 Å². The van der Waals surface area contributed by atoms with E-state index >= 15 is 0 Å². The number of benzene rings is 1. The molecule has 1 aromatic heterocycles. The summed E-state index contributed by atoms with van der Waals surface area (Å²) in [5.74, 6) is 0.224. The zero-order valence-electron chi connectivity index (χ0n) is 13.3. The van der Waals surface area contributed by atoms with Gasteiger partial charge in [0.15, 0.2) is 0 Å². The number of rotatable bonds is 4. The molecule has 0 N–H and O–H groups in total. The number of hydrogen-bond acceptors (Lipinski definition) is 3. The Morgan fingerprint density at radius 1 is 1.22 bits per heavy atom. The third-order valence-corrected chi connectivity index (χ3v) is 4.98. The quantitative estimate of drug-likeness (QED) is 0.866. The van der Waals surface area contributed by atoms with E-state index in [4.69, 9.17) is 0 Å². The highest BCUT2D eigenvalue weighted by atomic mass is 16.2. The molecule has 2 aromatic rings. The first kappa shape index (κ1) is 14.5. The molecule has 5 nitrogen and oxygen atoms in total. The van der Waals surface area contributed by atoms with Gasteiger partial charge in [-0.3, -0.25) is 14.4 Å². The molecule has 1 fully saturated rings. The van der Waals surface area contributed by atoms with Crippen LogP contribution in [-0.4, -0.2) is 46.3 Å². The van der Waals surface area contributed by atoms with Gasteiger partial charge in [-0.05, 0) is 43.5 Å². The lowest BCUT2D eigenvalue weighted by atomic mass is 10.2. The van der Waals surface area contributed by atoms with E-state index in [9.17, 15) is 4.79 Å². The first-order valence-electron chi connectivity index (χ1n) is 8.41. The topological polar surface area (TPSA) is 41.4 Å². The van der Waals surface area contributed by atoms with Crippen molar-refractivity contribution in [2.45, 2.75) is 31.8 Å². The smallest absolute Gasteiger partial charge is 0.241 e. The van der Waals surface area contributed by atoms with Crippen molar-refractivity contribution in [1.29, 1.82) is 0 Å². The molecule has 0 aliphatic carbocycles. The van der Waals surface area contributed by atoms with E-state index in [0.29, 0.717) is 12.6 Å². The Bertz CT molecular complexity index is 682. The van der Waals surface area contributed by atoms with Crippen molar-refractivity contribution in [2.75, 3.05) is 24.5 Å². The van der Waals surface area contributed by atoms with Gasteiger partial charge >= 0.3 is 0 Å². The fourth-order valence-corrected chi connectivity index (χ4v) is 3.79. The van der Waals surface area contributed by atoms with Crippen LogP contribution < -0.4 is 4.90 Å². The Labute approximate surface area is 136 Å². The first-order chi connectivity index (χ1) is 11.3. The first-order valence-corrected chi connectivity index (χ1v) is 8.41. The number of carbonyl (C=O) groups is 1. The van der Waals surface area contributed by atoms with Gasteiger partial charge in [0.05, 0.1) is 13.1 Å². The molecule has 0 bridgehead atoms. The Balaban J connectivity index is 1.42. The van der Waals surface area contributed by atoms with E-state index < -0.39 is 0 Å². The molecule has 1 aromatic carbocycles. The summed E-state index contributed by atoms with van der Waals surface area (Å²) in [6.07, 6.45) is 7.08. The number of fused-ring (bicyclic) bond motifs is 1. The molecule has 23 heavy (non-hydrogen) atoms. The van der Waals surface area contributed by atoms with Gasteiger partial charge in [-0.2, -0.15) is 5.10 Å². The summed E-state index contributed by atoms with van der Waals surface area (Å²) in [6, 6.07) is 10.6. The Morgan fingerprint density at radius 2 is 2.13 bits per heavy atom. The second-order valence-corrected chi connectivity index (χ2v) is 6.42. The van der Waals surface area contributed by atoms with Gasteiger partial charge in [0, 0.05) is 30.7 Å². The SMILES string of the molecule is O=C(CN1CCC[C@H]1Cn1cccn1)N1CCc2ccccc21. The minimum absolute atomic E-state index is 0.224. The Kier molecular flexibility index (Phi) is 3.87. The van der Waals surface area contributed by atoms with E-state index in [0.717, 1.165) is 44.6 Å². The van der Waals surface area contributed by atoms with Crippen molar-refractivity contribution >= 4 is 11.6 Å². The predicted octanol–water partition coefficient (Wildman–Crippen LogP) is 1.94. The maximum Gasteiger partial charge on any atom is 0.241 e. The molecule has 5 heteroatoms. The molecule has 0 unspecified atom stereocenters. The predicted molar refractivity (Wildman–Crippen MR) is 89.3 cm³/mol. The van der Waals surface area contributed by atoms with Crippen molar-refractivity contribution in [2.24, 2.45) is 0 Å². The maximum absolute atomic E-state index is 12.8.